The number of rotatable bonds is 4. The van der Waals surface area contributed by atoms with Gasteiger partial charge in [0.05, 0.1) is 36.4 Å². The number of fused-ring (bicyclic) bond motifs is 1. The van der Waals surface area contributed by atoms with E-state index in [-0.39, 0.29) is 12.0 Å². The third-order valence-corrected chi connectivity index (χ3v) is 7.47. The van der Waals surface area contributed by atoms with E-state index in [4.69, 9.17) is 9.72 Å². The fraction of sp³-hybridized carbons (Fsp3) is 0.520. The highest BCUT2D eigenvalue weighted by atomic mass is 19.4. The lowest BCUT2D eigenvalue weighted by Crippen LogP contribution is -2.42. The first-order valence-corrected chi connectivity index (χ1v) is 12.6. The first kappa shape index (κ1) is 26.0. The molecule has 0 spiro atoms. The standard InChI is InChI=1S/C25H30F3N7O3/c1-33-14-16(25(26,27)28)11-18(23(33)36)32-24(37)34(2)17-5-3-15(4-6-17)19-12-29-22-21(31-19)20(13-30-22)35-7-9-38-10-8-35/h11-15,17H,3-10H2,1-2H3,(H,29,30)(H,32,37)/t15-,17-. The summed E-state index contributed by atoms with van der Waals surface area (Å²) < 4.78 is 45.8. The van der Waals surface area contributed by atoms with E-state index in [1.807, 2.05) is 6.20 Å². The number of pyridine rings is 1. The zero-order valence-corrected chi connectivity index (χ0v) is 21.2. The molecule has 2 N–H and O–H groups in total. The molecule has 38 heavy (non-hydrogen) atoms. The van der Waals surface area contributed by atoms with E-state index in [2.05, 4.69) is 20.2 Å². The van der Waals surface area contributed by atoms with Crippen LogP contribution in [0.3, 0.4) is 0 Å². The largest absolute Gasteiger partial charge is 0.417 e. The highest BCUT2D eigenvalue weighted by Gasteiger charge is 2.33. The highest BCUT2D eigenvalue weighted by Crippen LogP contribution is 2.35. The van der Waals surface area contributed by atoms with Crippen molar-refractivity contribution >= 4 is 28.6 Å². The molecule has 0 unspecified atom stereocenters. The molecule has 10 nitrogen and oxygen atoms in total. The summed E-state index contributed by atoms with van der Waals surface area (Å²) in [6.45, 7) is 2.94. The minimum Gasteiger partial charge on any atom is -0.378 e. The number of aromatic nitrogens is 4. The molecule has 1 aliphatic heterocycles. The number of morpholine rings is 1. The monoisotopic (exact) mass is 533 g/mol. The van der Waals surface area contributed by atoms with Crippen LogP contribution in [0.15, 0.2) is 29.5 Å². The molecular formula is C25H30F3N7O3. The van der Waals surface area contributed by atoms with E-state index >= 15 is 0 Å². The predicted molar refractivity (Wildman–Crippen MR) is 135 cm³/mol. The van der Waals surface area contributed by atoms with Gasteiger partial charge in [0.15, 0.2) is 5.65 Å². The maximum atomic E-state index is 13.2. The number of hydrogen-bond donors (Lipinski definition) is 2. The molecule has 5 rings (SSSR count). The van der Waals surface area contributed by atoms with Crippen LogP contribution in [-0.2, 0) is 18.0 Å². The molecule has 0 aromatic carbocycles. The number of aryl methyl sites for hydroxylation is 1. The van der Waals surface area contributed by atoms with Crippen molar-refractivity contribution in [3.05, 3.63) is 46.3 Å². The number of alkyl halides is 3. The van der Waals surface area contributed by atoms with Crippen LogP contribution in [0.25, 0.3) is 11.2 Å². The Morgan fingerprint density at radius 2 is 1.92 bits per heavy atom. The Hall–Kier alpha value is -3.61. The van der Waals surface area contributed by atoms with Gasteiger partial charge in [0, 0.05) is 51.5 Å². The van der Waals surface area contributed by atoms with Gasteiger partial charge in [-0.25, -0.2) is 14.8 Å². The normalized spacial score (nSPS) is 20.5. The SMILES string of the molecule is Cn1cc(C(F)(F)F)cc(NC(=O)N(C)[C@H]2CC[C@H](c3cnc4[nH]cc(N5CCOCC5)c4n3)CC2)c1=O. The predicted octanol–water partition coefficient (Wildman–Crippen LogP) is 3.70. The molecule has 4 heterocycles. The van der Waals surface area contributed by atoms with Crippen molar-refractivity contribution < 1.29 is 22.7 Å². The average Bonchev–Trinajstić information content (AvgIpc) is 3.34. The minimum atomic E-state index is -4.63. The van der Waals surface area contributed by atoms with Gasteiger partial charge in [0.25, 0.3) is 5.56 Å². The lowest BCUT2D eigenvalue weighted by molar-refractivity contribution is -0.138. The quantitative estimate of drug-likeness (QED) is 0.530. The van der Waals surface area contributed by atoms with E-state index < -0.39 is 29.0 Å². The third kappa shape index (κ3) is 5.19. The van der Waals surface area contributed by atoms with Crippen molar-refractivity contribution in [2.75, 3.05) is 43.6 Å². The zero-order valence-electron chi connectivity index (χ0n) is 21.2. The number of urea groups is 1. The van der Waals surface area contributed by atoms with Crippen molar-refractivity contribution in [3.8, 4) is 0 Å². The topological polar surface area (TPSA) is 108 Å². The Labute approximate surface area is 216 Å². The lowest BCUT2D eigenvalue weighted by Gasteiger charge is -2.34. The average molecular weight is 534 g/mol. The fourth-order valence-corrected chi connectivity index (χ4v) is 5.22. The molecule has 204 valence electrons. The Kier molecular flexibility index (Phi) is 7.03. The molecule has 1 saturated heterocycles. The number of halogens is 3. The van der Waals surface area contributed by atoms with Gasteiger partial charge in [0.1, 0.15) is 11.2 Å². The lowest BCUT2D eigenvalue weighted by atomic mass is 9.83. The molecule has 0 bridgehead atoms. The van der Waals surface area contributed by atoms with Crippen LogP contribution in [0, 0.1) is 0 Å². The Bertz CT molecular complexity index is 1370. The van der Waals surface area contributed by atoms with Crippen molar-refractivity contribution in [3.63, 3.8) is 0 Å². The van der Waals surface area contributed by atoms with Crippen LogP contribution in [0.1, 0.15) is 42.9 Å². The molecule has 0 atom stereocenters. The summed E-state index contributed by atoms with van der Waals surface area (Å²) >= 11 is 0. The second-order valence-electron chi connectivity index (χ2n) is 9.87. The second kappa shape index (κ2) is 10.3. The molecular weight excluding hydrogens is 503 g/mol. The molecule has 13 heteroatoms. The third-order valence-electron chi connectivity index (χ3n) is 7.47. The van der Waals surface area contributed by atoms with Gasteiger partial charge < -0.3 is 29.4 Å². The molecule has 1 saturated carbocycles. The van der Waals surface area contributed by atoms with Crippen LogP contribution >= 0.6 is 0 Å². The van der Waals surface area contributed by atoms with Gasteiger partial charge >= 0.3 is 12.2 Å². The van der Waals surface area contributed by atoms with E-state index in [1.165, 1.54) is 11.9 Å². The van der Waals surface area contributed by atoms with Crippen molar-refractivity contribution in [2.45, 2.75) is 43.8 Å². The number of anilines is 2. The highest BCUT2D eigenvalue weighted by molar-refractivity contribution is 5.89. The summed E-state index contributed by atoms with van der Waals surface area (Å²) in [5.41, 5.74) is 1.38. The smallest absolute Gasteiger partial charge is 0.378 e. The summed E-state index contributed by atoms with van der Waals surface area (Å²) in [4.78, 5) is 41.6. The molecule has 2 amide bonds. The molecule has 3 aromatic heterocycles. The molecule has 2 fully saturated rings. The van der Waals surface area contributed by atoms with Crippen LogP contribution in [0.5, 0.6) is 0 Å². The Morgan fingerprint density at radius 3 is 2.61 bits per heavy atom. The summed E-state index contributed by atoms with van der Waals surface area (Å²) in [7, 11) is 2.81. The number of ether oxygens (including phenoxy) is 1. The fourth-order valence-electron chi connectivity index (χ4n) is 5.22. The summed E-state index contributed by atoms with van der Waals surface area (Å²) in [6, 6.07) is -0.0614. The number of carbonyl (C=O) groups excluding carboxylic acids is 1. The molecule has 1 aliphatic carbocycles. The van der Waals surface area contributed by atoms with Gasteiger partial charge in [-0.05, 0) is 31.7 Å². The maximum Gasteiger partial charge on any atom is 0.417 e. The number of nitrogens with zero attached hydrogens (tertiary/aromatic N) is 5. The van der Waals surface area contributed by atoms with E-state index in [1.54, 1.807) is 13.2 Å². The van der Waals surface area contributed by atoms with Crippen LogP contribution in [-0.4, -0.2) is 69.8 Å². The summed E-state index contributed by atoms with van der Waals surface area (Å²) in [6.07, 6.45) is 2.76. The van der Waals surface area contributed by atoms with E-state index in [9.17, 15) is 22.8 Å². The zero-order chi connectivity index (χ0) is 27.0. The summed E-state index contributed by atoms with van der Waals surface area (Å²) in [5.74, 6) is 0.183. The first-order chi connectivity index (χ1) is 18.1. The second-order valence-corrected chi connectivity index (χ2v) is 9.87. The summed E-state index contributed by atoms with van der Waals surface area (Å²) in [5, 5.41) is 2.37. The number of amides is 2. The van der Waals surface area contributed by atoms with Crippen molar-refractivity contribution in [2.24, 2.45) is 7.05 Å². The number of hydrogen-bond acceptors (Lipinski definition) is 6. The Balaban J connectivity index is 1.24. The molecule has 3 aromatic rings. The first-order valence-electron chi connectivity index (χ1n) is 12.6. The van der Waals surface area contributed by atoms with Gasteiger partial charge in [-0.2, -0.15) is 13.2 Å². The molecule has 0 radical (unpaired) electrons. The number of H-pyrrole nitrogens is 1. The van der Waals surface area contributed by atoms with Gasteiger partial charge in [0.2, 0.25) is 0 Å². The maximum absolute atomic E-state index is 13.2. The Morgan fingerprint density at radius 1 is 1.21 bits per heavy atom. The van der Waals surface area contributed by atoms with E-state index in [0.29, 0.717) is 38.3 Å². The van der Waals surface area contributed by atoms with Gasteiger partial charge in [-0.1, -0.05) is 0 Å². The van der Waals surface area contributed by atoms with Gasteiger partial charge in [-0.3, -0.25) is 4.79 Å². The minimum absolute atomic E-state index is 0.117. The van der Waals surface area contributed by atoms with Crippen molar-refractivity contribution in [1.29, 1.82) is 0 Å². The number of nitrogens with one attached hydrogen (secondary N) is 2. The van der Waals surface area contributed by atoms with Crippen molar-refractivity contribution in [1.82, 2.24) is 24.4 Å². The molecule has 2 aliphatic rings. The van der Waals surface area contributed by atoms with Crippen LogP contribution in [0.2, 0.25) is 0 Å². The van der Waals surface area contributed by atoms with E-state index in [0.717, 1.165) is 53.0 Å². The van der Waals surface area contributed by atoms with Gasteiger partial charge in [-0.15, -0.1) is 0 Å². The number of aromatic amines is 1. The van der Waals surface area contributed by atoms with Crippen LogP contribution in [0.4, 0.5) is 29.3 Å². The van der Waals surface area contributed by atoms with Crippen LogP contribution < -0.4 is 15.8 Å². The number of carbonyl (C=O) groups is 1.